The summed E-state index contributed by atoms with van der Waals surface area (Å²) in [4.78, 5) is 23.2. The molecule has 0 bridgehead atoms. The van der Waals surface area contributed by atoms with Crippen LogP contribution >= 0.6 is 11.6 Å². The van der Waals surface area contributed by atoms with Crippen LogP contribution in [0.3, 0.4) is 0 Å². The van der Waals surface area contributed by atoms with Crippen LogP contribution in [-0.4, -0.2) is 72.3 Å². The summed E-state index contributed by atoms with van der Waals surface area (Å²) in [6.45, 7) is 12.5. The molecular weight excluding hydrogens is 364 g/mol. The molecule has 1 amide bonds. The van der Waals surface area contributed by atoms with E-state index < -0.39 is 5.60 Å². The number of ether oxygens (including phenoxy) is 1. The number of halogens is 1. The summed E-state index contributed by atoms with van der Waals surface area (Å²) in [6, 6.07) is 1.99. The maximum atomic E-state index is 12.4. The number of fused-ring (bicyclic) bond motifs is 1. The molecule has 0 aromatic carbocycles. The quantitative estimate of drug-likeness (QED) is 0.791. The minimum Gasteiger partial charge on any atom is -0.444 e. The zero-order valence-electron chi connectivity index (χ0n) is 16.4. The number of piperidine rings is 1. The number of carbonyl (C=O) groups excluding carboxylic acids is 1. The van der Waals surface area contributed by atoms with Crippen molar-refractivity contribution in [2.45, 2.75) is 32.8 Å². The fraction of sp³-hybridized carbons (Fsp3) is 0.700. The summed E-state index contributed by atoms with van der Waals surface area (Å²) in [6.07, 6.45) is 4.58. The molecule has 0 spiro atoms. The van der Waals surface area contributed by atoms with Crippen molar-refractivity contribution in [2.24, 2.45) is 11.3 Å². The predicted molar refractivity (Wildman–Crippen MR) is 106 cm³/mol. The monoisotopic (exact) mass is 392 g/mol. The van der Waals surface area contributed by atoms with Gasteiger partial charge in [-0.15, -0.1) is 0 Å². The standard InChI is InChI=1S/C20H29ClN4O2/c1-19(2,3)27-18(26)25-12-15-10-20(15,14-25)13-23-6-8-24(9-7-23)17-4-5-22-11-16(17)21/h4-5,11,15H,6-10,12-14H2,1-3H3. The van der Waals surface area contributed by atoms with Gasteiger partial charge in [0, 0.05) is 63.6 Å². The molecule has 0 radical (unpaired) electrons. The number of likely N-dealkylation sites (tertiary alicyclic amines) is 1. The van der Waals surface area contributed by atoms with Gasteiger partial charge in [-0.1, -0.05) is 11.6 Å². The predicted octanol–water partition coefficient (Wildman–Crippen LogP) is 3.11. The molecule has 1 aromatic heterocycles. The van der Waals surface area contributed by atoms with Gasteiger partial charge in [0.1, 0.15) is 5.60 Å². The second-order valence-electron chi connectivity index (χ2n) is 9.21. The lowest BCUT2D eigenvalue weighted by Gasteiger charge is -2.38. The van der Waals surface area contributed by atoms with Gasteiger partial charge in [0.15, 0.2) is 0 Å². The first kappa shape index (κ1) is 18.8. The second-order valence-corrected chi connectivity index (χ2v) is 9.62. The molecular formula is C20H29ClN4O2. The smallest absolute Gasteiger partial charge is 0.410 e. The van der Waals surface area contributed by atoms with E-state index in [-0.39, 0.29) is 11.5 Å². The van der Waals surface area contributed by atoms with Gasteiger partial charge < -0.3 is 14.5 Å². The van der Waals surface area contributed by atoms with Gasteiger partial charge in [-0.3, -0.25) is 9.88 Å². The number of nitrogens with zero attached hydrogens (tertiary/aromatic N) is 4. The molecule has 6 nitrogen and oxygen atoms in total. The molecule has 148 valence electrons. The number of carbonyl (C=O) groups is 1. The van der Waals surface area contributed by atoms with Crippen molar-refractivity contribution >= 4 is 23.4 Å². The van der Waals surface area contributed by atoms with Crippen LogP contribution in [0.25, 0.3) is 0 Å². The summed E-state index contributed by atoms with van der Waals surface area (Å²) < 4.78 is 5.55. The first-order valence-corrected chi connectivity index (χ1v) is 10.2. The van der Waals surface area contributed by atoms with Gasteiger partial charge in [0.2, 0.25) is 0 Å². The zero-order valence-corrected chi connectivity index (χ0v) is 17.2. The summed E-state index contributed by atoms with van der Waals surface area (Å²) in [5.74, 6) is 0.637. The number of anilines is 1. The number of amides is 1. The Kier molecular flexibility index (Phi) is 4.75. The molecule has 4 rings (SSSR count). The highest BCUT2D eigenvalue weighted by atomic mass is 35.5. The van der Waals surface area contributed by atoms with E-state index >= 15 is 0 Å². The van der Waals surface area contributed by atoms with Crippen molar-refractivity contribution in [3.63, 3.8) is 0 Å². The van der Waals surface area contributed by atoms with Crippen LogP contribution < -0.4 is 4.90 Å². The van der Waals surface area contributed by atoms with Gasteiger partial charge in [0.25, 0.3) is 0 Å². The molecule has 2 saturated heterocycles. The van der Waals surface area contributed by atoms with Crippen LogP contribution in [0, 0.1) is 11.3 Å². The van der Waals surface area contributed by atoms with Crippen molar-refractivity contribution in [1.82, 2.24) is 14.8 Å². The fourth-order valence-electron chi connectivity index (χ4n) is 4.52. The Labute approximate surface area is 166 Å². The van der Waals surface area contributed by atoms with Gasteiger partial charge in [0.05, 0.1) is 10.7 Å². The Morgan fingerprint density at radius 2 is 2.07 bits per heavy atom. The highest BCUT2D eigenvalue weighted by molar-refractivity contribution is 6.33. The molecule has 27 heavy (non-hydrogen) atoms. The third-order valence-corrected chi connectivity index (χ3v) is 6.25. The number of pyridine rings is 1. The van der Waals surface area contributed by atoms with E-state index in [0.717, 1.165) is 56.5 Å². The van der Waals surface area contributed by atoms with Crippen LogP contribution in [0.4, 0.5) is 10.5 Å². The fourth-order valence-corrected chi connectivity index (χ4v) is 4.76. The zero-order chi connectivity index (χ0) is 19.2. The topological polar surface area (TPSA) is 48.9 Å². The summed E-state index contributed by atoms with van der Waals surface area (Å²) in [5, 5.41) is 0.718. The van der Waals surface area contributed by atoms with E-state index in [1.807, 2.05) is 31.7 Å². The van der Waals surface area contributed by atoms with E-state index in [9.17, 15) is 4.79 Å². The van der Waals surface area contributed by atoms with Crippen LogP contribution in [0.2, 0.25) is 5.02 Å². The highest BCUT2D eigenvalue weighted by Gasteiger charge is 2.61. The lowest BCUT2D eigenvalue weighted by atomic mass is 10.1. The van der Waals surface area contributed by atoms with E-state index in [1.165, 1.54) is 6.42 Å². The first-order chi connectivity index (χ1) is 12.8. The van der Waals surface area contributed by atoms with Crippen LogP contribution in [0.1, 0.15) is 27.2 Å². The molecule has 2 atom stereocenters. The Balaban J connectivity index is 1.29. The molecule has 1 saturated carbocycles. The molecule has 1 aromatic rings. The maximum Gasteiger partial charge on any atom is 0.410 e. The average molecular weight is 393 g/mol. The number of hydrogen-bond donors (Lipinski definition) is 0. The van der Waals surface area contributed by atoms with Gasteiger partial charge in [-0.05, 0) is 39.2 Å². The van der Waals surface area contributed by atoms with Crippen molar-refractivity contribution in [3.8, 4) is 0 Å². The Morgan fingerprint density at radius 1 is 1.33 bits per heavy atom. The van der Waals surface area contributed by atoms with Crippen molar-refractivity contribution in [2.75, 3.05) is 50.7 Å². The Hall–Kier alpha value is -1.53. The van der Waals surface area contributed by atoms with Gasteiger partial charge in [-0.25, -0.2) is 4.79 Å². The number of aromatic nitrogens is 1. The van der Waals surface area contributed by atoms with Gasteiger partial charge >= 0.3 is 6.09 Å². The molecule has 1 aliphatic carbocycles. The van der Waals surface area contributed by atoms with Gasteiger partial charge in [-0.2, -0.15) is 0 Å². The van der Waals surface area contributed by atoms with E-state index in [2.05, 4.69) is 14.8 Å². The average Bonchev–Trinajstić information content (AvgIpc) is 3.14. The lowest BCUT2D eigenvalue weighted by Crippen LogP contribution is -2.49. The first-order valence-electron chi connectivity index (χ1n) is 9.81. The minimum absolute atomic E-state index is 0.161. The van der Waals surface area contributed by atoms with Crippen molar-refractivity contribution < 1.29 is 9.53 Å². The molecule has 0 N–H and O–H groups in total. The van der Waals surface area contributed by atoms with Crippen LogP contribution in [0.5, 0.6) is 0 Å². The summed E-state index contributed by atoms with van der Waals surface area (Å²) in [7, 11) is 0. The van der Waals surface area contributed by atoms with E-state index in [1.54, 1.807) is 12.4 Å². The molecule has 2 aliphatic heterocycles. The maximum absolute atomic E-state index is 12.4. The molecule has 3 fully saturated rings. The summed E-state index contributed by atoms with van der Waals surface area (Å²) >= 11 is 6.28. The van der Waals surface area contributed by atoms with Crippen molar-refractivity contribution in [1.29, 1.82) is 0 Å². The SMILES string of the molecule is CC(C)(C)OC(=O)N1CC2CC2(CN2CCN(c3ccncc3Cl)CC2)C1. The number of piperazine rings is 1. The molecule has 2 unspecified atom stereocenters. The van der Waals surface area contributed by atoms with E-state index in [0.29, 0.717) is 5.92 Å². The third kappa shape index (κ3) is 4.02. The molecule has 7 heteroatoms. The van der Waals surface area contributed by atoms with E-state index in [4.69, 9.17) is 16.3 Å². The van der Waals surface area contributed by atoms with Crippen LogP contribution in [0.15, 0.2) is 18.5 Å². The Bertz CT molecular complexity index is 714. The third-order valence-electron chi connectivity index (χ3n) is 5.96. The Morgan fingerprint density at radius 3 is 2.74 bits per heavy atom. The lowest BCUT2D eigenvalue weighted by molar-refractivity contribution is 0.0255. The molecule has 3 heterocycles. The second kappa shape index (κ2) is 6.82. The van der Waals surface area contributed by atoms with Crippen molar-refractivity contribution in [3.05, 3.63) is 23.5 Å². The normalized spacial score (nSPS) is 28.2. The number of hydrogen-bond acceptors (Lipinski definition) is 5. The largest absolute Gasteiger partial charge is 0.444 e. The summed E-state index contributed by atoms with van der Waals surface area (Å²) in [5.41, 5.74) is 0.931. The highest BCUT2D eigenvalue weighted by Crippen LogP contribution is 2.58. The minimum atomic E-state index is -0.429. The molecule has 3 aliphatic rings. The van der Waals surface area contributed by atoms with Crippen LogP contribution in [-0.2, 0) is 4.74 Å². The number of rotatable bonds is 3.